The molecule has 0 saturated heterocycles. The third kappa shape index (κ3) is 3.84. The molecule has 1 amide bonds. The molecule has 0 spiro atoms. The summed E-state index contributed by atoms with van der Waals surface area (Å²) in [6.45, 7) is 0.278. The van der Waals surface area contributed by atoms with Gasteiger partial charge in [-0.1, -0.05) is 23.4 Å². The fourth-order valence-electron chi connectivity index (χ4n) is 1.54. The van der Waals surface area contributed by atoms with Crippen LogP contribution in [0.1, 0.15) is 20.8 Å². The Labute approximate surface area is 131 Å². The Morgan fingerprint density at radius 3 is 2.90 bits per heavy atom. The summed E-state index contributed by atoms with van der Waals surface area (Å²) in [6.07, 6.45) is 0. The van der Waals surface area contributed by atoms with Gasteiger partial charge in [0.2, 0.25) is 0 Å². The van der Waals surface area contributed by atoms with Crippen molar-refractivity contribution in [1.82, 2.24) is 0 Å². The summed E-state index contributed by atoms with van der Waals surface area (Å²) in [7, 11) is 0. The second-order valence-electron chi connectivity index (χ2n) is 3.97. The zero-order chi connectivity index (χ0) is 15.2. The SMILES string of the molecule is N#Cc1ccc(NC(=O)c2csc(C#CCN)c2)c(Cl)c1. The van der Waals surface area contributed by atoms with E-state index < -0.39 is 0 Å². The molecule has 1 aromatic carbocycles. The van der Waals surface area contributed by atoms with Crippen molar-refractivity contribution in [3.05, 3.63) is 50.7 Å². The molecule has 3 N–H and O–H groups in total. The van der Waals surface area contributed by atoms with Crippen LogP contribution in [0.3, 0.4) is 0 Å². The number of nitrogens with two attached hydrogens (primary N) is 1. The first-order valence-corrected chi connectivity index (χ1v) is 7.18. The van der Waals surface area contributed by atoms with Gasteiger partial charge in [-0.3, -0.25) is 4.79 Å². The van der Waals surface area contributed by atoms with Crippen molar-refractivity contribution in [3.63, 3.8) is 0 Å². The highest BCUT2D eigenvalue weighted by Gasteiger charge is 2.10. The van der Waals surface area contributed by atoms with E-state index in [9.17, 15) is 4.79 Å². The Hall–Kier alpha value is -2.31. The van der Waals surface area contributed by atoms with E-state index in [-0.39, 0.29) is 12.5 Å². The standard InChI is InChI=1S/C15H10ClN3OS/c16-13-6-10(8-18)3-4-14(13)19-15(20)11-7-12(21-9-11)2-1-5-17/h3-4,6-7,9H,5,17H2,(H,19,20). The van der Waals surface area contributed by atoms with Crippen LogP contribution >= 0.6 is 22.9 Å². The van der Waals surface area contributed by atoms with Gasteiger partial charge in [-0.15, -0.1) is 11.3 Å². The first-order valence-electron chi connectivity index (χ1n) is 5.92. The molecule has 0 unspecified atom stereocenters. The summed E-state index contributed by atoms with van der Waals surface area (Å²) in [5, 5.41) is 13.5. The van der Waals surface area contributed by atoms with Crippen molar-refractivity contribution in [2.75, 3.05) is 11.9 Å². The lowest BCUT2D eigenvalue weighted by Crippen LogP contribution is -2.11. The number of thiophene rings is 1. The van der Waals surface area contributed by atoms with E-state index in [4.69, 9.17) is 22.6 Å². The van der Waals surface area contributed by atoms with E-state index in [0.717, 1.165) is 4.88 Å². The molecule has 104 valence electrons. The van der Waals surface area contributed by atoms with Gasteiger partial charge in [-0.2, -0.15) is 5.26 Å². The van der Waals surface area contributed by atoms with E-state index in [2.05, 4.69) is 17.2 Å². The van der Waals surface area contributed by atoms with Crippen LogP contribution in [0.4, 0.5) is 5.69 Å². The largest absolute Gasteiger partial charge is 0.321 e. The van der Waals surface area contributed by atoms with Gasteiger partial charge in [0.1, 0.15) is 0 Å². The van der Waals surface area contributed by atoms with Crippen LogP contribution in [-0.4, -0.2) is 12.5 Å². The molecule has 1 heterocycles. The predicted molar refractivity (Wildman–Crippen MR) is 84.4 cm³/mol. The first kappa shape index (κ1) is 15.1. The molecule has 0 fully saturated rings. The normalized spacial score (nSPS) is 9.38. The number of nitrogens with one attached hydrogen (secondary N) is 1. The zero-order valence-corrected chi connectivity index (χ0v) is 12.4. The van der Waals surface area contributed by atoms with E-state index in [1.807, 2.05) is 6.07 Å². The third-order valence-corrected chi connectivity index (χ3v) is 3.68. The number of hydrogen-bond acceptors (Lipinski definition) is 4. The van der Waals surface area contributed by atoms with Crippen LogP contribution in [0, 0.1) is 23.2 Å². The first-order chi connectivity index (χ1) is 10.1. The molecule has 2 aromatic rings. The smallest absolute Gasteiger partial charge is 0.256 e. The van der Waals surface area contributed by atoms with Crippen LogP contribution in [0.2, 0.25) is 5.02 Å². The van der Waals surface area contributed by atoms with Crippen LogP contribution in [0.15, 0.2) is 29.6 Å². The van der Waals surface area contributed by atoms with Gasteiger partial charge in [0.15, 0.2) is 0 Å². The lowest BCUT2D eigenvalue weighted by Gasteiger charge is -2.06. The van der Waals surface area contributed by atoms with Gasteiger partial charge >= 0.3 is 0 Å². The maximum absolute atomic E-state index is 12.1. The molecule has 1 aromatic heterocycles. The van der Waals surface area contributed by atoms with Crippen molar-refractivity contribution >= 4 is 34.5 Å². The minimum atomic E-state index is -0.279. The molecular weight excluding hydrogens is 306 g/mol. The van der Waals surface area contributed by atoms with E-state index >= 15 is 0 Å². The Bertz CT molecular complexity index is 780. The molecule has 21 heavy (non-hydrogen) atoms. The zero-order valence-electron chi connectivity index (χ0n) is 10.8. The van der Waals surface area contributed by atoms with Gasteiger partial charge in [0, 0.05) is 5.38 Å². The summed E-state index contributed by atoms with van der Waals surface area (Å²) < 4.78 is 0. The lowest BCUT2D eigenvalue weighted by molar-refractivity contribution is 0.102. The number of halogens is 1. The molecule has 0 bridgehead atoms. The summed E-state index contributed by atoms with van der Waals surface area (Å²) in [4.78, 5) is 12.9. The number of hydrogen-bond donors (Lipinski definition) is 2. The van der Waals surface area contributed by atoms with Crippen LogP contribution in [-0.2, 0) is 0 Å². The predicted octanol–water partition coefficient (Wildman–Crippen LogP) is 2.84. The van der Waals surface area contributed by atoms with Crippen molar-refractivity contribution in [2.24, 2.45) is 5.73 Å². The van der Waals surface area contributed by atoms with E-state index in [0.29, 0.717) is 21.8 Å². The molecule has 0 aliphatic carbocycles. The minimum absolute atomic E-state index is 0.278. The number of benzene rings is 1. The highest BCUT2D eigenvalue weighted by molar-refractivity contribution is 7.10. The Morgan fingerprint density at radius 2 is 2.24 bits per heavy atom. The number of carbonyl (C=O) groups is 1. The van der Waals surface area contributed by atoms with Gasteiger partial charge < -0.3 is 11.1 Å². The highest BCUT2D eigenvalue weighted by atomic mass is 35.5. The molecule has 0 atom stereocenters. The van der Waals surface area contributed by atoms with Crippen molar-refractivity contribution in [2.45, 2.75) is 0 Å². The molecular formula is C15H10ClN3OS. The lowest BCUT2D eigenvalue weighted by atomic mass is 10.2. The second-order valence-corrected chi connectivity index (χ2v) is 5.28. The Morgan fingerprint density at radius 1 is 1.43 bits per heavy atom. The van der Waals surface area contributed by atoms with Gasteiger partial charge in [0.05, 0.1) is 39.3 Å². The topological polar surface area (TPSA) is 78.9 Å². The van der Waals surface area contributed by atoms with Crippen LogP contribution in [0.25, 0.3) is 0 Å². The number of nitriles is 1. The quantitative estimate of drug-likeness (QED) is 0.836. The van der Waals surface area contributed by atoms with E-state index in [1.165, 1.54) is 17.4 Å². The molecule has 0 saturated carbocycles. The maximum Gasteiger partial charge on any atom is 0.256 e. The molecule has 2 rings (SSSR count). The Balaban J connectivity index is 2.15. The van der Waals surface area contributed by atoms with Crippen molar-refractivity contribution in [1.29, 1.82) is 5.26 Å². The fourth-order valence-corrected chi connectivity index (χ4v) is 2.52. The number of amides is 1. The summed E-state index contributed by atoms with van der Waals surface area (Å²) in [6, 6.07) is 8.37. The Kier molecular flexibility index (Phi) is 4.97. The van der Waals surface area contributed by atoms with Crippen molar-refractivity contribution in [3.8, 4) is 17.9 Å². The van der Waals surface area contributed by atoms with Crippen LogP contribution < -0.4 is 11.1 Å². The molecule has 0 aliphatic heterocycles. The molecule has 0 radical (unpaired) electrons. The second kappa shape index (κ2) is 6.92. The van der Waals surface area contributed by atoms with E-state index in [1.54, 1.807) is 23.6 Å². The monoisotopic (exact) mass is 315 g/mol. The fraction of sp³-hybridized carbons (Fsp3) is 0.0667. The molecule has 0 aliphatic rings. The van der Waals surface area contributed by atoms with Crippen molar-refractivity contribution < 1.29 is 4.79 Å². The minimum Gasteiger partial charge on any atom is -0.321 e. The number of anilines is 1. The van der Waals surface area contributed by atoms with Gasteiger partial charge in [-0.25, -0.2) is 0 Å². The van der Waals surface area contributed by atoms with Gasteiger partial charge in [0.25, 0.3) is 5.91 Å². The number of rotatable bonds is 2. The average molecular weight is 316 g/mol. The average Bonchev–Trinajstić information content (AvgIpc) is 2.96. The number of nitrogens with zero attached hydrogens (tertiary/aromatic N) is 1. The summed E-state index contributed by atoms with van der Waals surface area (Å²) in [5.74, 6) is 5.33. The number of carbonyl (C=O) groups excluding carboxylic acids is 1. The van der Waals surface area contributed by atoms with Crippen LogP contribution in [0.5, 0.6) is 0 Å². The molecule has 6 heteroatoms. The summed E-state index contributed by atoms with van der Waals surface area (Å²) in [5.41, 5.74) is 6.70. The summed E-state index contributed by atoms with van der Waals surface area (Å²) >= 11 is 7.39. The third-order valence-electron chi connectivity index (χ3n) is 2.52. The van der Waals surface area contributed by atoms with Gasteiger partial charge in [-0.05, 0) is 24.3 Å². The highest BCUT2D eigenvalue weighted by Crippen LogP contribution is 2.24. The molecule has 4 nitrogen and oxygen atoms in total. The maximum atomic E-state index is 12.1.